The third-order valence-electron chi connectivity index (χ3n) is 7.50. The maximum absolute atomic E-state index is 13.8. The Bertz CT molecular complexity index is 1280. The molecule has 2 fully saturated rings. The number of carbonyl (C=O) groups excluding carboxylic acids is 4. The number of fused-ring (bicyclic) bond motifs is 2. The predicted molar refractivity (Wildman–Crippen MR) is 132 cm³/mol. The van der Waals surface area contributed by atoms with Gasteiger partial charge in [-0.15, -0.1) is 0 Å². The summed E-state index contributed by atoms with van der Waals surface area (Å²) in [6, 6.07) is 10.7. The van der Waals surface area contributed by atoms with Crippen LogP contribution in [0.4, 0.5) is 19.7 Å². The SMILES string of the molecule is CNC(=O)Nc1ccc2c(c1)CC[C@@]21OC(=O)N(CC(=O)N(Cc2cccc(F)c2)C(C)C2CC2)C1=O. The number of hydrogen-bond donors (Lipinski definition) is 2. The van der Waals surface area contributed by atoms with Gasteiger partial charge in [-0.05, 0) is 67.5 Å². The van der Waals surface area contributed by atoms with Gasteiger partial charge in [-0.25, -0.2) is 18.9 Å². The first-order valence-corrected chi connectivity index (χ1v) is 12.4. The molecule has 194 valence electrons. The van der Waals surface area contributed by atoms with Crippen LogP contribution in [0.1, 0.15) is 42.9 Å². The first kappa shape index (κ1) is 24.7. The van der Waals surface area contributed by atoms with Gasteiger partial charge in [-0.1, -0.05) is 18.2 Å². The molecule has 1 spiro atoms. The third kappa shape index (κ3) is 4.63. The Hall–Kier alpha value is -3.95. The summed E-state index contributed by atoms with van der Waals surface area (Å²) in [5.41, 5.74) is 1.07. The van der Waals surface area contributed by atoms with Gasteiger partial charge in [-0.3, -0.25) is 9.59 Å². The Morgan fingerprint density at radius 3 is 2.70 bits per heavy atom. The number of rotatable bonds is 7. The van der Waals surface area contributed by atoms with Gasteiger partial charge in [-0.2, -0.15) is 0 Å². The fourth-order valence-electron chi connectivity index (χ4n) is 5.27. The largest absolute Gasteiger partial charge is 0.427 e. The molecule has 0 aromatic heterocycles. The van der Waals surface area contributed by atoms with Crippen molar-refractivity contribution in [1.29, 1.82) is 0 Å². The summed E-state index contributed by atoms with van der Waals surface area (Å²) in [4.78, 5) is 54.1. The van der Waals surface area contributed by atoms with Gasteiger partial charge in [0.05, 0.1) is 0 Å². The van der Waals surface area contributed by atoms with Gasteiger partial charge >= 0.3 is 12.1 Å². The Balaban J connectivity index is 1.35. The number of urea groups is 1. The van der Waals surface area contributed by atoms with E-state index in [-0.39, 0.29) is 25.0 Å². The molecule has 2 aromatic carbocycles. The molecule has 1 saturated carbocycles. The molecule has 5 rings (SSSR count). The molecule has 1 saturated heterocycles. The van der Waals surface area contributed by atoms with E-state index < -0.39 is 35.9 Å². The lowest BCUT2D eigenvalue weighted by Crippen LogP contribution is -2.47. The molecular formula is C27H29FN4O5. The Labute approximate surface area is 213 Å². The van der Waals surface area contributed by atoms with E-state index in [0.29, 0.717) is 29.2 Å². The van der Waals surface area contributed by atoms with E-state index in [4.69, 9.17) is 4.74 Å². The minimum Gasteiger partial charge on any atom is -0.427 e. The maximum Gasteiger partial charge on any atom is 0.418 e. The van der Waals surface area contributed by atoms with Crippen molar-refractivity contribution < 1.29 is 28.3 Å². The Kier molecular flexibility index (Phi) is 6.35. The molecule has 3 aliphatic rings. The summed E-state index contributed by atoms with van der Waals surface area (Å²) in [5.74, 6) is -1.02. The Morgan fingerprint density at radius 2 is 2.00 bits per heavy atom. The van der Waals surface area contributed by atoms with Crippen molar-refractivity contribution in [3.63, 3.8) is 0 Å². The normalized spacial score (nSPS) is 21.0. The fraction of sp³-hybridized carbons (Fsp3) is 0.407. The van der Waals surface area contributed by atoms with Gasteiger partial charge < -0.3 is 20.3 Å². The van der Waals surface area contributed by atoms with Crippen molar-refractivity contribution in [2.24, 2.45) is 5.92 Å². The first-order valence-electron chi connectivity index (χ1n) is 12.4. The second kappa shape index (κ2) is 9.49. The molecular weight excluding hydrogens is 479 g/mol. The van der Waals surface area contributed by atoms with Crippen LogP contribution >= 0.6 is 0 Å². The molecule has 10 heteroatoms. The third-order valence-corrected chi connectivity index (χ3v) is 7.50. The van der Waals surface area contributed by atoms with Crippen LogP contribution in [0.5, 0.6) is 0 Å². The van der Waals surface area contributed by atoms with E-state index in [2.05, 4.69) is 10.6 Å². The van der Waals surface area contributed by atoms with Gasteiger partial charge in [0.1, 0.15) is 12.4 Å². The Morgan fingerprint density at radius 1 is 1.22 bits per heavy atom. The summed E-state index contributed by atoms with van der Waals surface area (Å²) in [7, 11) is 1.51. The highest BCUT2D eigenvalue weighted by Gasteiger charge is 2.58. The number of imide groups is 1. The summed E-state index contributed by atoms with van der Waals surface area (Å²) in [6.45, 7) is 1.68. The summed E-state index contributed by atoms with van der Waals surface area (Å²) in [5, 5.41) is 5.17. The molecule has 37 heavy (non-hydrogen) atoms. The number of benzene rings is 2. The van der Waals surface area contributed by atoms with E-state index in [0.717, 1.165) is 23.3 Å². The molecule has 0 radical (unpaired) electrons. The molecule has 9 nitrogen and oxygen atoms in total. The quantitative estimate of drug-likeness (QED) is 0.595. The van der Waals surface area contributed by atoms with Gasteiger partial charge in [0.15, 0.2) is 0 Å². The highest BCUT2D eigenvalue weighted by atomic mass is 19.1. The van der Waals surface area contributed by atoms with Gasteiger partial charge in [0, 0.05) is 37.3 Å². The van der Waals surface area contributed by atoms with E-state index in [9.17, 15) is 23.6 Å². The summed E-state index contributed by atoms with van der Waals surface area (Å²) >= 11 is 0. The molecule has 1 aliphatic heterocycles. The van der Waals surface area contributed by atoms with Crippen molar-refractivity contribution in [3.05, 3.63) is 65.0 Å². The van der Waals surface area contributed by atoms with E-state index in [1.54, 1.807) is 35.2 Å². The molecule has 2 N–H and O–H groups in total. The number of aryl methyl sites for hydroxylation is 1. The van der Waals surface area contributed by atoms with Crippen LogP contribution in [0.15, 0.2) is 42.5 Å². The van der Waals surface area contributed by atoms with Crippen LogP contribution in [0.25, 0.3) is 0 Å². The zero-order valence-electron chi connectivity index (χ0n) is 20.8. The maximum atomic E-state index is 13.8. The van der Waals surface area contributed by atoms with Gasteiger partial charge in [0.25, 0.3) is 5.91 Å². The monoisotopic (exact) mass is 508 g/mol. The minimum absolute atomic E-state index is 0.114. The summed E-state index contributed by atoms with van der Waals surface area (Å²) < 4.78 is 19.4. The molecule has 5 amide bonds. The average molecular weight is 509 g/mol. The van der Waals surface area contributed by atoms with Crippen LogP contribution < -0.4 is 10.6 Å². The average Bonchev–Trinajstić information content (AvgIpc) is 3.63. The van der Waals surface area contributed by atoms with Crippen LogP contribution in [0, 0.1) is 11.7 Å². The van der Waals surface area contributed by atoms with Crippen LogP contribution in [-0.4, -0.2) is 53.4 Å². The molecule has 2 aromatic rings. The lowest BCUT2D eigenvalue weighted by molar-refractivity contribution is -0.143. The number of ether oxygens (including phenoxy) is 1. The number of hydrogen-bond acceptors (Lipinski definition) is 5. The zero-order chi connectivity index (χ0) is 26.3. The minimum atomic E-state index is -1.48. The highest BCUT2D eigenvalue weighted by molar-refractivity contribution is 6.06. The number of nitrogens with one attached hydrogen (secondary N) is 2. The second-order valence-electron chi connectivity index (χ2n) is 9.89. The smallest absolute Gasteiger partial charge is 0.418 e. The van der Waals surface area contributed by atoms with Gasteiger partial charge in [0.2, 0.25) is 11.5 Å². The van der Waals surface area contributed by atoms with E-state index >= 15 is 0 Å². The molecule has 1 unspecified atom stereocenters. The zero-order valence-corrected chi connectivity index (χ0v) is 20.8. The molecule has 2 aliphatic carbocycles. The van der Waals surface area contributed by atoms with Crippen molar-refractivity contribution in [2.45, 2.75) is 50.8 Å². The lowest BCUT2D eigenvalue weighted by atomic mass is 9.94. The lowest BCUT2D eigenvalue weighted by Gasteiger charge is -2.30. The topological polar surface area (TPSA) is 108 Å². The number of halogens is 1. The van der Waals surface area contributed by atoms with Crippen molar-refractivity contribution >= 4 is 29.6 Å². The van der Waals surface area contributed by atoms with Crippen molar-refractivity contribution in [1.82, 2.24) is 15.1 Å². The van der Waals surface area contributed by atoms with Crippen LogP contribution in [0.3, 0.4) is 0 Å². The van der Waals surface area contributed by atoms with Crippen LogP contribution in [0.2, 0.25) is 0 Å². The van der Waals surface area contributed by atoms with Crippen molar-refractivity contribution in [2.75, 3.05) is 18.9 Å². The first-order chi connectivity index (χ1) is 17.7. The standard InChI is InChI=1S/C27H29FN4O5/c1-16(18-6-7-18)31(14-17-4-3-5-20(28)12-17)23(33)15-32-24(34)27(37-26(32)36)11-10-19-13-21(8-9-22(19)27)30-25(35)29-2/h3-5,8-9,12-13,16,18H,6-7,10-11,14-15H2,1-2H3,(H2,29,30,35)/t16?,27-/m1/s1. The molecule has 2 atom stereocenters. The number of anilines is 1. The molecule has 0 bridgehead atoms. The van der Waals surface area contributed by atoms with E-state index in [1.165, 1.54) is 19.2 Å². The highest BCUT2D eigenvalue weighted by Crippen LogP contribution is 2.46. The predicted octanol–water partition coefficient (Wildman–Crippen LogP) is 3.52. The number of nitrogens with zero attached hydrogens (tertiary/aromatic N) is 2. The van der Waals surface area contributed by atoms with Crippen LogP contribution in [-0.2, 0) is 32.9 Å². The fourth-order valence-corrected chi connectivity index (χ4v) is 5.27. The van der Waals surface area contributed by atoms with Crippen molar-refractivity contribution in [3.8, 4) is 0 Å². The number of amides is 5. The van der Waals surface area contributed by atoms with E-state index in [1.807, 2.05) is 6.92 Å². The summed E-state index contributed by atoms with van der Waals surface area (Å²) in [6.07, 6.45) is 1.87. The number of carbonyl (C=O) groups is 4. The molecule has 1 heterocycles. The second-order valence-corrected chi connectivity index (χ2v) is 9.89.